The van der Waals surface area contributed by atoms with Crippen LogP contribution in [0.5, 0.6) is 0 Å². The Labute approximate surface area is 158 Å². The molecule has 0 N–H and O–H groups in total. The third kappa shape index (κ3) is 4.01. The largest absolute Gasteiger partial charge is 0.433 e. The van der Waals surface area contributed by atoms with Gasteiger partial charge >= 0.3 is 6.18 Å². The van der Waals surface area contributed by atoms with Gasteiger partial charge in [0.05, 0.1) is 11.5 Å². The Kier molecular flexibility index (Phi) is 4.78. The highest BCUT2D eigenvalue weighted by atomic mass is 32.2. The van der Waals surface area contributed by atoms with E-state index in [0.29, 0.717) is 17.5 Å². The highest BCUT2D eigenvalue weighted by molar-refractivity contribution is 7.92. The Morgan fingerprint density at radius 2 is 1.85 bits per heavy atom. The molecule has 1 aliphatic carbocycles. The summed E-state index contributed by atoms with van der Waals surface area (Å²) in [6, 6.07) is 3.32. The number of hydrogen-bond donors (Lipinski definition) is 0. The predicted octanol–water partition coefficient (Wildman–Crippen LogP) is 3.64. The molecule has 2 aliphatic heterocycles. The lowest BCUT2D eigenvalue weighted by molar-refractivity contribution is -0.141. The molecule has 1 aromatic rings. The maximum absolute atomic E-state index is 12.9. The number of halogens is 3. The lowest BCUT2D eigenvalue weighted by Gasteiger charge is -2.51. The Morgan fingerprint density at radius 1 is 1.15 bits per heavy atom. The lowest BCUT2D eigenvalue weighted by Crippen LogP contribution is -2.59. The van der Waals surface area contributed by atoms with Gasteiger partial charge in [-0.05, 0) is 68.7 Å². The van der Waals surface area contributed by atoms with Crippen LogP contribution in [0.15, 0.2) is 18.3 Å². The van der Waals surface area contributed by atoms with Crippen LogP contribution in [0.2, 0.25) is 0 Å². The van der Waals surface area contributed by atoms with Gasteiger partial charge in [0.2, 0.25) is 0 Å². The molecule has 4 rings (SSSR count). The van der Waals surface area contributed by atoms with Crippen molar-refractivity contribution in [2.45, 2.75) is 56.7 Å². The maximum Gasteiger partial charge on any atom is 0.433 e. The number of likely N-dealkylation sites (tertiary alicyclic amines) is 1. The molecule has 0 atom stereocenters. The van der Waals surface area contributed by atoms with Gasteiger partial charge in [-0.3, -0.25) is 9.88 Å². The fraction of sp³-hybridized carbons (Fsp3) is 0.737. The SMILES string of the molecule is O=S1(=O)CC2(CCCN(C3CCC(c4ccnc(C(F)(F)F)c4)CC3)C2)C1. The van der Waals surface area contributed by atoms with Crippen molar-refractivity contribution in [1.29, 1.82) is 0 Å². The van der Waals surface area contributed by atoms with Gasteiger partial charge in [-0.15, -0.1) is 0 Å². The van der Waals surface area contributed by atoms with Crippen molar-refractivity contribution in [3.8, 4) is 0 Å². The molecule has 1 saturated carbocycles. The third-order valence-electron chi connectivity index (χ3n) is 6.50. The second-order valence-electron chi connectivity index (χ2n) is 8.58. The number of pyridine rings is 1. The molecular weight excluding hydrogens is 377 g/mol. The van der Waals surface area contributed by atoms with E-state index < -0.39 is 21.7 Å². The van der Waals surface area contributed by atoms with Gasteiger partial charge in [0.1, 0.15) is 5.69 Å². The first kappa shape index (κ1) is 19.2. The minimum Gasteiger partial charge on any atom is -0.300 e. The van der Waals surface area contributed by atoms with Crippen molar-refractivity contribution in [1.82, 2.24) is 9.88 Å². The smallest absolute Gasteiger partial charge is 0.300 e. The van der Waals surface area contributed by atoms with Crippen LogP contribution in [0, 0.1) is 5.41 Å². The number of rotatable bonds is 2. The maximum atomic E-state index is 12.9. The summed E-state index contributed by atoms with van der Waals surface area (Å²) < 4.78 is 62.0. The molecule has 2 saturated heterocycles. The quantitative estimate of drug-likeness (QED) is 0.758. The Bertz CT molecular complexity index is 789. The van der Waals surface area contributed by atoms with E-state index in [-0.39, 0.29) is 11.3 Å². The van der Waals surface area contributed by atoms with Crippen molar-refractivity contribution in [3.63, 3.8) is 0 Å². The number of nitrogens with zero attached hydrogens (tertiary/aromatic N) is 2. The van der Waals surface area contributed by atoms with Crippen molar-refractivity contribution < 1.29 is 21.6 Å². The normalized spacial score (nSPS) is 30.8. The molecule has 3 fully saturated rings. The molecule has 0 bridgehead atoms. The van der Waals surface area contributed by atoms with Crippen LogP contribution in [-0.4, -0.2) is 48.9 Å². The first-order chi connectivity index (χ1) is 12.7. The van der Waals surface area contributed by atoms with E-state index in [2.05, 4.69) is 9.88 Å². The zero-order valence-electron chi connectivity index (χ0n) is 15.2. The molecule has 3 heterocycles. The van der Waals surface area contributed by atoms with Crippen LogP contribution in [-0.2, 0) is 16.0 Å². The molecule has 150 valence electrons. The van der Waals surface area contributed by atoms with Crippen LogP contribution in [0.3, 0.4) is 0 Å². The zero-order chi connectivity index (χ0) is 19.3. The third-order valence-corrected chi connectivity index (χ3v) is 8.61. The molecule has 4 nitrogen and oxygen atoms in total. The molecule has 0 aromatic carbocycles. The summed E-state index contributed by atoms with van der Waals surface area (Å²) in [6.45, 7) is 1.86. The van der Waals surface area contributed by atoms with E-state index in [9.17, 15) is 21.6 Å². The molecule has 1 aromatic heterocycles. The molecule has 1 spiro atoms. The highest BCUT2D eigenvalue weighted by Gasteiger charge is 2.51. The van der Waals surface area contributed by atoms with Gasteiger partial charge in [-0.1, -0.05) is 0 Å². The number of aromatic nitrogens is 1. The first-order valence-electron chi connectivity index (χ1n) is 9.64. The van der Waals surface area contributed by atoms with E-state index in [1.54, 1.807) is 6.07 Å². The van der Waals surface area contributed by atoms with Crippen molar-refractivity contribution in [2.75, 3.05) is 24.6 Å². The second kappa shape index (κ2) is 6.72. The molecule has 3 aliphatic rings. The van der Waals surface area contributed by atoms with Crippen LogP contribution in [0.4, 0.5) is 13.2 Å². The van der Waals surface area contributed by atoms with Gasteiger partial charge in [-0.25, -0.2) is 8.42 Å². The summed E-state index contributed by atoms with van der Waals surface area (Å²) in [6.07, 6.45) is 2.54. The number of sulfone groups is 1. The van der Waals surface area contributed by atoms with E-state index >= 15 is 0 Å². The second-order valence-corrected chi connectivity index (χ2v) is 10.6. The van der Waals surface area contributed by atoms with Crippen molar-refractivity contribution in [3.05, 3.63) is 29.6 Å². The standard InChI is InChI=1S/C19H25F3N2O2S/c20-19(21,22)17-10-15(6-8-23-17)14-2-4-16(5-3-14)24-9-1-7-18(11-24)12-27(25,26)13-18/h6,8,10,14,16H,1-5,7,9,11-13H2. The summed E-state index contributed by atoms with van der Waals surface area (Å²) >= 11 is 0. The minimum atomic E-state index is -4.40. The van der Waals surface area contributed by atoms with Gasteiger partial charge in [-0.2, -0.15) is 13.2 Å². The van der Waals surface area contributed by atoms with E-state index in [1.165, 1.54) is 12.3 Å². The van der Waals surface area contributed by atoms with E-state index in [4.69, 9.17) is 0 Å². The minimum absolute atomic E-state index is 0.0410. The summed E-state index contributed by atoms with van der Waals surface area (Å²) in [5, 5.41) is 0. The lowest BCUT2D eigenvalue weighted by atomic mass is 9.78. The molecule has 8 heteroatoms. The fourth-order valence-electron chi connectivity index (χ4n) is 5.31. The number of alkyl halides is 3. The average Bonchev–Trinajstić information content (AvgIpc) is 2.60. The van der Waals surface area contributed by atoms with Crippen molar-refractivity contribution in [2.24, 2.45) is 5.41 Å². The van der Waals surface area contributed by atoms with Crippen molar-refractivity contribution >= 4 is 9.84 Å². The number of hydrogen-bond acceptors (Lipinski definition) is 4. The molecular formula is C19H25F3N2O2S. The monoisotopic (exact) mass is 402 g/mol. The van der Waals surface area contributed by atoms with Crippen LogP contribution < -0.4 is 0 Å². The van der Waals surface area contributed by atoms with Gasteiger partial charge in [0.15, 0.2) is 9.84 Å². The zero-order valence-corrected chi connectivity index (χ0v) is 16.0. The average molecular weight is 402 g/mol. The number of piperidine rings is 1. The molecule has 0 amide bonds. The van der Waals surface area contributed by atoms with Gasteiger partial charge in [0, 0.05) is 24.2 Å². The summed E-state index contributed by atoms with van der Waals surface area (Å²) in [5.74, 6) is 0.791. The molecule has 0 radical (unpaired) electrons. The summed E-state index contributed by atoms with van der Waals surface area (Å²) in [7, 11) is -2.83. The van der Waals surface area contributed by atoms with Crippen LogP contribution in [0.1, 0.15) is 55.7 Å². The predicted molar refractivity (Wildman–Crippen MR) is 96.1 cm³/mol. The van der Waals surface area contributed by atoms with Crippen LogP contribution >= 0.6 is 0 Å². The first-order valence-corrected chi connectivity index (χ1v) is 11.5. The Hall–Kier alpha value is -1.15. The van der Waals surface area contributed by atoms with Gasteiger partial charge in [0.25, 0.3) is 0 Å². The fourth-order valence-corrected chi connectivity index (χ4v) is 7.57. The topological polar surface area (TPSA) is 50.3 Å². The Morgan fingerprint density at radius 3 is 2.48 bits per heavy atom. The van der Waals surface area contributed by atoms with E-state index in [1.807, 2.05) is 0 Å². The highest BCUT2D eigenvalue weighted by Crippen LogP contribution is 2.43. The van der Waals surface area contributed by atoms with Gasteiger partial charge < -0.3 is 0 Å². The Balaban J connectivity index is 1.37. The summed E-state index contributed by atoms with van der Waals surface area (Å²) in [4.78, 5) is 5.90. The summed E-state index contributed by atoms with van der Waals surface area (Å²) in [5.41, 5.74) is -0.122. The molecule has 27 heavy (non-hydrogen) atoms. The molecule has 0 unspecified atom stereocenters. The van der Waals surface area contributed by atoms with E-state index in [0.717, 1.165) is 57.2 Å². The van der Waals surface area contributed by atoms with Crippen LogP contribution in [0.25, 0.3) is 0 Å².